The quantitative estimate of drug-likeness (QED) is 0.845. The van der Waals surface area contributed by atoms with Crippen molar-refractivity contribution in [2.75, 3.05) is 32.8 Å². The van der Waals surface area contributed by atoms with Gasteiger partial charge in [0.15, 0.2) is 0 Å². The van der Waals surface area contributed by atoms with Gasteiger partial charge in [-0.3, -0.25) is 4.90 Å². The molecule has 1 atom stereocenters. The molecule has 1 aliphatic heterocycles. The van der Waals surface area contributed by atoms with E-state index in [9.17, 15) is 4.79 Å². The predicted octanol–water partition coefficient (Wildman–Crippen LogP) is 2.16. The third-order valence-corrected chi connectivity index (χ3v) is 5.37. The SMILES string of the molecule is CCOC(=O)c1sc(C(C)N2CCNCC2)nc1C1CC1. The fourth-order valence-electron chi connectivity index (χ4n) is 2.73. The minimum absolute atomic E-state index is 0.198. The Morgan fingerprint density at radius 3 is 2.81 bits per heavy atom. The van der Waals surface area contributed by atoms with E-state index in [1.807, 2.05) is 6.92 Å². The summed E-state index contributed by atoms with van der Waals surface area (Å²) in [6, 6.07) is 0.276. The van der Waals surface area contributed by atoms with E-state index in [1.54, 1.807) is 0 Å². The Labute approximate surface area is 129 Å². The van der Waals surface area contributed by atoms with Crippen molar-refractivity contribution >= 4 is 17.3 Å². The second-order valence-electron chi connectivity index (χ2n) is 5.72. The molecule has 0 radical (unpaired) electrons. The lowest BCUT2D eigenvalue weighted by molar-refractivity contribution is 0.0530. The van der Waals surface area contributed by atoms with Gasteiger partial charge in [-0.2, -0.15) is 0 Å². The van der Waals surface area contributed by atoms with Gasteiger partial charge in [-0.05, 0) is 26.7 Å². The van der Waals surface area contributed by atoms with Gasteiger partial charge < -0.3 is 10.1 Å². The zero-order valence-electron chi connectivity index (χ0n) is 12.7. The third kappa shape index (κ3) is 3.27. The first-order valence-electron chi connectivity index (χ1n) is 7.83. The van der Waals surface area contributed by atoms with Crippen molar-refractivity contribution in [2.45, 2.75) is 38.6 Å². The lowest BCUT2D eigenvalue weighted by atomic mass is 10.2. The number of esters is 1. The van der Waals surface area contributed by atoms with Gasteiger partial charge in [0.1, 0.15) is 9.88 Å². The average molecular weight is 309 g/mol. The summed E-state index contributed by atoms with van der Waals surface area (Å²) in [6.45, 7) is 8.58. The summed E-state index contributed by atoms with van der Waals surface area (Å²) in [4.78, 5) is 20.1. The van der Waals surface area contributed by atoms with E-state index in [-0.39, 0.29) is 12.0 Å². The normalized spacial score (nSPS) is 21.2. The molecule has 0 spiro atoms. The van der Waals surface area contributed by atoms with Gasteiger partial charge in [0.2, 0.25) is 0 Å². The molecule has 5 nitrogen and oxygen atoms in total. The predicted molar refractivity (Wildman–Crippen MR) is 82.9 cm³/mol. The first-order chi connectivity index (χ1) is 10.2. The van der Waals surface area contributed by atoms with Crippen molar-refractivity contribution in [3.05, 3.63) is 15.6 Å². The van der Waals surface area contributed by atoms with Crippen molar-refractivity contribution in [2.24, 2.45) is 0 Å². The van der Waals surface area contributed by atoms with Gasteiger partial charge >= 0.3 is 5.97 Å². The first-order valence-corrected chi connectivity index (χ1v) is 8.64. The Bertz CT molecular complexity index is 507. The summed E-state index contributed by atoms with van der Waals surface area (Å²) in [6.07, 6.45) is 2.30. The molecule has 3 rings (SSSR count). The highest BCUT2D eigenvalue weighted by atomic mass is 32.1. The summed E-state index contributed by atoms with van der Waals surface area (Å²) in [5.74, 6) is 0.278. The van der Waals surface area contributed by atoms with Crippen LogP contribution in [0.15, 0.2) is 0 Å². The number of nitrogens with one attached hydrogen (secondary N) is 1. The van der Waals surface area contributed by atoms with Gasteiger partial charge in [0, 0.05) is 32.1 Å². The van der Waals surface area contributed by atoms with Crippen LogP contribution in [0.3, 0.4) is 0 Å². The van der Waals surface area contributed by atoms with Gasteiger partial charge in [0.05, 0.1) is 18.3 Å². The number of thiazole rings is 1. The lowest BCUT2D eigenvalue weighted by Gasteiger charge is -2.31. The zero-order valence-corrected chi connectivity index (χ0v) is 13.5. The lowest BCUT2D eigenvalue weighted by Crippen LogP contribution is -2.44. The maximum atomic E-state index is 12.1. The molecule has 2 aliphatic rings. The van der Waals surface area contributed by atoms with Crippen LogP contribution < -0.4 is 5.32 Å². The van der Waals surface area contributed by atoms with Crippen LogP contribution in [0.5, 0.6) is 0 Å². The average Bonchev–Trinajstić information content (AvgIpc) is 3.26. The molecule has 1 saturated carbocycles. The summed E-state index contributed by atoms with van der Waals surface area (Å²) in [7, 11) is 0. The van der Waals surface area contributed by atoms with E-state index in [2.05, 4.69) is 17.1 Å². The topological polar surface area (TPSA) is 54.5 Å². The minimum atomic E-state index is -0.198. The Kier molecular flexibility index (Phi) is 4.57. The van der Waals surface area contributed by atoms with Crippen molar-refractivity contribution in [1.82, 2.24) is 15.2 Å². The molecule has 0 amide bonds. The number of hydrogen-bond acceptors (Lipinski definition) is 6. The van der Waals surface area contributed by atoms with Crippen LogP contribution in [0.4, 0.5) is 0 Å². The molecule has 21 heavy (non-hydrogen) atoms. The summed E-state index contributed by atoms with van der Waals surface area (Å²) >= 11 is 1.53. The standard InChI is InChI=1S/C15H23N3O2S/c1-3-20-15(19)13-12(11-4-5-11)17-14(21-13)10(2)18-8-6-16-7-9-18/h10-11,16H,3-9H2,1-2H3. The summed E-state index contributed by atoms with van der Waals surface area (Å²) in [5, 5.41) is 4.43. The summed E-state index contributed by atoms with van der Waals surface area (Å²) < 4.78 is 5.19. The van der Waals surface area contributed by atoms with Crippen molar-refractivity contribution in [3.63, 3.8) is 0 Å². The minimum Gasteiger partial charge on any atom is -0.462 e. The second kappa shape index (κ2) is 6.42. The van der Waals surface area contributed by atoms with E-state index in [0.717, 1.165) is 54.6 Å². The Balaban J connectivity index is 1.81. The zero-order chi connectivity index (χ0) is 14.8. The van der Waals surface area contributed by atoms with Crippen molar-refractivity contribution in [1.29, 1.82) is 0 Å². The fraction of sp³-hybridized carbons (Fsp3) is 0.733. The molecule has 2 fully saturated rings. The number of hydrogen-bond donors (Lipinski definition) is 1. The maximum absolute atomic E-state index is 12.1. The van der Waals surface area contributed by atoms with Crippen LogP contribution >= 0.6 is 11.3 Å². The first kappa shape index (κ1) is 14.9. The Morgan fingerprint density at radius 1 is 1.48 bits per heavy atom. The molecule has 116 valence electrons. The highest BCUT2D eigenvalue weighted by molar-refractivity contribution is 7.13. The molecule has 1 aliphatic carbocycles. The molecule has 1 aromatic rings. The van der Waals surface area contributed by atoms with E-state index in [4.69, 9.17) is 9.72 Å². The Morgan fingerprint density at radius 2 is 2.19 bits per heavy atom. The number of nitrogens with zero attached hydrogens (tertiary/aromatic N) is 2. The monoisotopic (exact) mass is 309 g/mol. The van der Waals surface area contributed by atoms with Crippen LogP contribution in [-0.4, -0.2) is 48.6 Å². The van der Waals surface area contributed by atoms with Gasteiger partial charge in [-0.1, -0.05) is 0 Å². The number of carbonyl (C=O) groups excluding carboxylic acids is 1. The molecule has 0 aromatic carbocycles. The molecule has 0 bridgehead atoms. The van der Waals surface area contributed by atoms with E-state index < -0.39 is 0 Å². The van der Waals surface area contributed by atoms with Gasteiger partial charge in [-0.15, -0.1) is 11.3 Å². The summed E-state index contributed by atoms with van der Waals surface area (Å²) in [5.41, 5.74) is 0.982. The maximum Gasteiger partial charge on any atom is 0.350 e. The third-order valence-electron chi connectivity index (χ3n) is 4.15. The van der Waals surface area contributed by atoms with Crippen molar-refractivity contribution < 1.29 is 9.53 Å². The second-order valence-corrected chi connectivity index (χ2v) is 6.75. The molecule has 1 saturated heterocycles. The number of piperazine rings is 1. The number of rotatable bonds is 5. The number of aromatic nitrogens is 1. The van der Waals surface area contributed by atoms with Gasteiger partial charge in [0.25, 0.3) is 0 Å². The van der Waals surface area contributed by atoms with Crippen molar-refractivity contribution in [3.8, 4) is 0 Å². The van der Waals surface area contributed by atoms with Gasteiger partial charge in [-0.25, -0.2) is 9.78 Å². The van der Waals surface area contributed by atoms with Crippen LogP contribution in [-0.2, 0) is 4.74 Å². The molecule has 2 heterocycles. The molecule has 1 N–H and O–H groups in total. The largest absolute Gasteiger partial charge is 0.462 e. The molecular formula is C15H23N3O2S. The van der Waals surface area contributed by atoms with Crippen LogP contribution in [0, 0.1) is 0 Å². The van der Waals surface area contributed by atoms with E-state index >= 15 is 0 Å². The Hall–Kier alpha value is -0.980. The van der Waals surface area contributed by atoms with E-state index in [1.165, 1.54) is 11.3 Å². The molecule has 6 heteroatoms. The number of ether oxygens (including phenoxy) is 1. The smallest absolute Gasteiger partial charge is 0.350 e. The fourth-order valence-corrected chi connectivity index (χ4v) is 3.86. The molecule has 1 aromatic heterocycles. The van der Waals surface area contributed by atoms with E-state index in [0.29, 0.717) is 12.5 Å². The molecular weight excluding hydrogens is 286 g/mol. The van der Waals surface area contributed by atoms with Crippen LogP contribution in [0.25, 0.3) is 0 Å². The van der Waals surface area contributed by atoms with Crippen LogP contribution in [0.1, 0.15) is 59.0 Å². The molecule has 1 unspecified atom stereocenters. The highest BCUT2D eigenvalue weighted by Crippen LogP contribution is 2.44. The van der Waals surface area contributed by atoms with Crippen LogP contribution in [0.2, 0.25) is 0 Å². The highest BCUT2D eigenvalue weighted by Gasteiger charge is 2.34. The number of carbonyl (C=O) groups is 1.